The van der Waals surface area contributed by atoms with Gasteiger partial charge in [-0.2, -0.15) is 0 Å². The molecule has 0 spiro atoms. The van der Waals surface area contributed by atoms with Crippen LogP contribution in [-0.2, 0) is 4.74 Å². The SMILES string of the molecule is C[C@H](C=N)NC(=O)OC(C)(C)C. The number of rotatable bonds is 2. The van der Waals surface area contributed by atoms with Crippen LogP contribution in [0, 0.1) is 5.41 Å². The minimum Gasteiger partial charge on any atom is -0.444 e. The summed E-state index contributed by atoms with van der Waals surface area (Å²) in [4.78, 5) is 11.0. The highest BCUT2D eigenvalue weighted by molar-refractivity contribution is 5.73. The fraction of sp³-hybridized carbons (Fsp3) is 0.750. The maximum Gasteiger partial charge on any atom is 0.408 e. The molecule has 70 valence electrons. The quantitative estimate of drug-likeness (QED) is 0.621. The molecule has 0 aliphatic carbocycles. The molecule has 4 heteroatoms. The molecule has 0 aliphatic rings. The average molecular weight is 172 g/mol. The number of ether oxygens (including phenoxy) is 1. The lowest BCUT2D eigenvalue weighted by molar-refractivity contribution is 0.0522. The van der Waals surface area contributed by atoms with Gasteiger partial charge in [0.25, 0.3) is 0 Å². The van der Waals surface area contributed by atoms with Gasteiger partial charge in [0.2, 0.25) is 0 Å². The zero-order chi connectivity index (χ0) is 9.78. The van der Waals surface area contributed by atoms with E-state index in [1.54, 1.807) is 27.7 Å². The summed E-state index contributed by atoms with van der Waals surface area (Å²) in [6.07, 6.45) is 0.655. The third kappa shape index (κ3) is 5.70. The Kier molecular flexibility index (Phi) is 3.73. The van der Waals surface area contributed by atoms with Crippen molar-refractivity contribution in [2.75, 3.05) is 0 Å². The van der Waals surface area contributed by atoms with Crippen molar-refractivity contribution in [3.63, 3.8) is 0 Å². The molecule has 0 fully saturated rings. The zero-order valence-electron chi connectivity index (χ0n) is 7.97. The van der Waals surface area contributed by atoms with Gasteiger partial charge in [-0.25, -0.2) is 4.79 Å². The van der Waals surface area contributed by atoms with Crippen LogP contribution < -0.4 is 5.32 Å². The van der Waals surface area contributed by atoms with Crippen LogP contribution >= 0.6 is 0 Å². The van der Waals surface area contributed by atoms with Crippen LogP contribution in [-0.4, -0.2) is 24.0 Å². The highest BCUT2D eigenvalue weighted by Crippen LogP contribution is 2.06. The second-order valence-electron chi connectivity index (χ2n) is 3.60. The topological polar surface area (TPSA) is 62.2 Å². The number of hydrogen-bond acceptors (Lipinski definition) is 3. The zero-order valence-corrected chi connectivity index (χ0v) is 7.97. The van der Waals surface area contributed by atoms with Crippen molar-refractivity contribution in [3.05, 3.63) is 0 Å². The molecule has 0 aromatic heterocycles. The van der Waals surface area contributed by atoms with Crippen molar-refractivity contribution < 1.29 is 9.53 Å². The van der Waals surface area contributed by atoms with E-state index in [0.717, 1.165) is 6.21 Å². The van der Waals surface area contributed by atoms with Gasteiger partial charge < -0.3 is 15.5 Å². The molecule has 0 aliphatic heterocycles. The smallest absolute Gasteiger partial charge is 0.408 e. The summed E-state index contributed by atoms with van der Waals surface area (Å²) < 4.78 is 4.96. The Morgan fingerprint density at radius 1 is 1.58 bits per heavy atom. The van der Waals surface area contributed by atoms with Gasteiger partial charge in [-0.05, 0) is 27.7 Å². The summed E-state index contributed by atoms with van der Waals surface area (Å²) in [5.74, 6) is 0. The van der Waals surface area contributed by atoms with E-state index < -0.39 is 11.7 Å². The van der Waals surface area contributed by atoms with Crippen molar-refractivity contribution in [2.45, 2.75) is 39.3 Å². The van der Waals surface area contributed by atoms with E-state index in [4.69, 9.17) is 10.1 Å². The van der Waals surface area contributed by atoms with Gasteiger partial charge in [0, 0.05) is 6.21 Å². The van der Waals surface area contributed by atoms with Crippen molar-refractivity contribution in [1.82, 2.24) is 5.32 Å². The van der Waals surface area contributed by atoms with Crippen LogP contribution in [0.1, 0.15) is 27.7 Å². The number of carbonyl (C=O) groups is 1. The first-order valence-electron chi connectivity index (χ1n) is 3.85. The highest BCUT2D eigenvalue weighted by atomic mass is 16.6. The molecule has 0 rings (SSSR count). The number of hydrogen-bond donors (Lipinski definition) is 2. The van der Waals surface area contributed by atoms with E-state index in [-0.39, 0.29) is 6.04 Å². The summed E-state index contributed by atoms with van der Waals surface area (Å²) in [5, 5.41) is 9.32. The summed E-state index contributed by atoms with van der Waals surface area (Å²) in [6.45, 7) is 7.09. The Bertz CT molecular complexity index is 172. The Hall–Kier alpha value is -1.06. The monoisotopic (exact) mass is 172 g/mol. The van der Waals surface area contributed by atoms with Crippen LogP contribution in [0.5, 0.6) is 0 Å². The lowest BCUT2D eigenvalue weighted by Crippen LogP contribution is -2.38. The minimum absolute atomic E-state index is 0.278. The van der Waals surface area contributed by atoms with E-state index >= 15 is 0 Å². The van der Waals surface area contributed by atoms with Gasteiger partial charge in [-0.1, -0.05) is 0 Å². The molecule has 12 heavy (non-hydrogen) atoms. The molecule has 1 atom stereocenters. The summed E-state index contributed by atoms with van der Waals surface area (Å²) >= 11 is 0. The molecule has 0 unspecified atom stereocenters. The van der Waals surface area contributed by atoms with Gasteiger partial charge in [0.1, 0.15) is 5.60 Å². The fourth-order valence-corrected chi connectivity index (χ4v) is 0.535. The maximum atomic E-state index is 11.0. The number of alkyl carbamates (subject to hydrolysis) is 1. The van der Waals surface area contributed by atoms with Crippen LogP contribution in [0.2, 0.25) is 0 Å². The van der Waals surface area contributed by atoms with Crippen molar-refractivity contribution in [2.24, 2.45) is 0 Å². The lowest BCUT2D eigenvalue weighted by atomic mass is 10.2. The normalized spacial score (nSPS) is 13.3. The molecule has 0 saturated heterocycles. The molecule has 4 nitrogen and oxygen atoms in total. The molecule has 0 radical (unpaired) electrons. The van der Waals surface area contributed by atoms with Gasteiger partial charge in [-0.3, -0.25) is 0 Å². The number of amides is 1. The van der Waals surface area contributed by atoms with E-state index in [1.165, 1.54) is 0 Å². The first kappa shape index (κ1) is 10.9. The lowest BCUT2D eigenvalue weighted by Gasteiger charge is -2.20. The van der Waals surface area contributed by atoms with E-state index in [9.17, 15) is 4.79 Å². The number of carbonyl (C=O) groups excluding carboxylic acids is 1. The Morgan fingerprint density at radius 3 is 2.42 bits per heavy atom. The predicted octanol–water partition coefficient (Wildman–Crippen LogP) is 1.55. The van der Waals surface area contributed by atoms with E-state index in [2.05, 4.69) is 5.32 Å². The largest absolute Gasteiger partial charge is 0.444 e. The van der Waals surface area contributed by atoms with Crippen molar-refractivity contribution in [3.8, 4) is 0 Å². The second kappa shape index (κ2) is 4.09. The van der Waals surface area contributed by atoms with E-state index in [1.807, 2.05) is 0 Å². The van der Waals surface area contributed by atoms with Crippen LogP contribution in [0.4, 0.5) is 4.79 Å². The third-order valence-electron chi connectivity index (χ3n) is 0.994. The van der Waals surface area contributed by atoms with Crippen molar-refractivity contribution >= 4 is 12.3 Å². The van der Waals surface area contributed by atoms with Crippen LogP contribution in [0.3, 0.4) is 0 Å². The molecule has 0 aromatic carbocycles. The first-order valence-corrected chi connectivity index (χ1v) is 3.85. The summed E-state index contributed by atoms with van der Waals surface area (Å²) in [5.41, 5.74) is -0.480. The van der Waals surface area contributed by atoms with Gasteiger partial charge in [0.05, 0.1) is 6.04 Å². The molecule has 2 N–H and O–H groups in total. The van der Waals surface area contributed by atoms with Gasteiger partial charge >= 0.3 is 6.09 Å². The van der Waals surface area contributed by atoms with Crippen molar-refractivity contribution in [1.29, 1.82) is 5.41 Å². The average Bonchev–Trinajstić information content (AvgIpc) is 1.82. The Morgan fingerprint density at radius 2 is 2.08 bits per heavy atom. The fourth-order valence-electron chi connectivity index (χ4n) is 0.535. The Balaban J connectivity index is 3.82. The predicted molar refractivity (Wildman–Crippen MR) is 47.6 cm³/mol. The van der Waals surface area contributed by atoms with Crippen LogP contribution in [0.15, 0.2) is 0 Å². The molecule has 1 amide bonds. The molecule has 0 saturated carbocycles. The van der Waals surface area contributed by atoms with E-state index in [0.29, 0.717) is 0 Å². The molecule has 0 aromatic rings. The molecular formula is C8H16N2O2. The summed E-state index contributed by atoms with van der Waals surface area (Å²) in [6, 6.07) is -0.278. The minimum atomic E-state index is -0.488. The number of nitrogens with one attached hydrogen (secondary N) is 2. The maximum absolute atomic E-state index is 11.0. The first-order chi connectivity index (χ1) is 5.35. The third-order valence-corrected chi connectivity index (χ3v) is 0.994. The van der Waals surface area contributed by atoms with Gasteiger partial charge in [0.15, 0.2) is 0 Å². The molecule has 0 heterocycles. The summed E-state index contributed by atoms with van der Waals surface area (Å²) in [7, 11) is 0. The standard InChI is InChI=1S/C8H16N2O2/c1-6(5-9)10-7(11)12-8(2,3)4/h5-6,9H,1-4H3,(H,10,11)/t6-/m1/s1. The molecule has 0 bridgehead atoms. The van der Waals surface area contributed by atoms with Gasteiger partial charge in [-0.15, -0.1) is 0 Å². The molecular weight excluding hydrogens is 156 g/mol. The highest BCUT2D eigenvalue weighted by Gasteiger charge is 2.16. The second-order valence-corrected chi connectivity index (χ2v) is 3.60. The van der Waals surface area contributed by atoms with Crippen LogP contribution in [0.25, 0.3) is 0 Å². The Labute approximate surface area is 72.8 Å².